The summed E-state index contributed by atoms with van der Waals surface area (Å²) in [7, 11) is 3.33. The lowest BCUT2D eigenvalue weighted by Gasteiger charge is -2.38. The van der Waals surface area contributed by atoms with E-state index in [2.05, 4.69) is 19.2 Å². The van der Waals surface area contributed by atoms with Crippen molar-refractivity contribution in [1.29, 1.82) is 0 Å². The summed E-state index contributed by atoms with van der Waals surface area (Å²) < 4.78 is 16.1. The normalized spacial score (nSPS) is 30.9. The smallest absolute Gasteiger partial charge is 0.169 e. The van der Waals surface area contributed by atoms with Crippen molar-refractivity contribution in [1.82, 2.24) is 5.32 Å². The third-order valence-corrected chi connectivity index (χ3v) is 3.44. The summed E-state index contributed by atoms with van der Waals surface area (Å²) in [6, 6.07) is 0.506. The van der Waals surface area contributed by atoms with Crippen molar-refractivity contribution < 1.29 is 14.2 Å². The molecule has 4 heteroatoms. The molecule has 0 bridgehead atoms. The van der Waals surface area contributed by atoms with Gasteiger partial charge in [0.1, 0.15) is 0 Å². The molecule has 1 fully saturated rings. The number of rotatable bonds is 6. The largest absolute Gasteiger partial charge is 0.375 e. The predicted molar refractivity (Wildman–Crippen MR) is 63.5 cm³/mol. The molecule has 1 aliphatic heterocycles. The number of nitrogens with one attached hydrogen (secondary N) is 1. The van der Waals surface area contributed by atoms with Crippen molar-refractivity contribution in [2.45, 2.75) is 51.0 Å². The molecule has 4 nitrogen and oxygen atoms in total. The van der Waals surface area contributed by atoms with E-state index in [-0.39, 0.29) is 11.9 Å². The first-order chi connectivity index (χ1) is 7.63. The molecule has 1 rings (SSSR count). The highest BCUT2D eigenvalue weighted by molar-refractivity contribution is 4.85. The van der Waals surface area contributed by atoms with Crippen LogP contribution < -0.4 is 5.32 Å². The van der Waals surface area contributed by atoms with Crippen LogP contribution in [-0.4, -0.2) is 45.3 Å². The number of hydrogen-bond donors (Lipinski definition) is 1. The molecule has 0 aromatic carbocycles. The second-order valence-corrected chi connectivity index (χ2v) is 4.65. The first kappa shape index (κ1) is 13.9. The first-order valence-corrected chi connectivity index (χ1v) is 6.06. The molecule has 1 N–H and O–H groups in total. The van der Waals surface area contributed by atoms with E-state index < -0.39 is 0 Å². The van der Waals surface area contributed by atoms with Gasteiger partial charge in [0.15, 0.2) is 6.29 Å². The summed E-state index contributed by atoms with van der Waals surface area (Å²) in [6.45, 7) is 5.94. The molecule has 0 saturated carbocycles. The van der Waals surface area contributed by atoms with Crippen LogP contribution >= 0.6 is 0 Å². The van der Waals surface area contributed by atoms with Gasteiger partial charge < -0.3 is 19.5 Å². The molecule has 0 aromatic heterocycles. The molecular formula is C12H25NO3. The summed E-state index contributed by atoms with van der Waals surface area (Å²) >= 11 is 0. The van der Waals surface area contributed by atoms with Gasteiger partial charge in [-0.15, -0.1) is 0 Å². The van der Waals surface area contributed by atoms with Crippen LogP contribution in [0.4, 0.5) is 0 Å². The lowest BCUT2D eigenvalue weighted by Crippen LogP contribution is -2.47. The Morgan fingerprint density at radius 1 is 1.44 bits per heavy atom. The van der Waals surface area contributed by atoms with Gasteiger partial charge in [-0.05, 0) is 26.2 Å². The van der Waals surface area contributed by atoms with Crippen molar-refractivity contribution in [3.63, 3.8) is 0 Å². The van der Waals surface area contributed by atoms with Crippen LogP contribution in [0.5, 0.6) is 0 Å². The van der Waals surface area contributed by atoms with E-state index in [0.717, 1.165) is 32.4 Å². The van der Waals surface area contributed by atoms with E-state index in [4.69, 9.17) is 14.2 Å². The lowest BCUT2D eigenvalue weighted by atomic mass is 9.90. The minimum atomic E-state index is -0.157. The van der Waals surface area contributed by atoms with Gasteiger partial charge in [-0.2, -0.15) is 0 Å². The van der Waals surface area contributed by atoms with Gasteiger partial charge >= 0.3 is 0 Å². The molecule has 0 amide bonds. The zero-order valence-electron chi connectivity index (χ0n) is 10.9. The van der Waals surface area contributed by atoms with Gasteiger partial charge in [-0.1, -0.05) is 6.92 Å². The molecule has 1 heterocycles. The van der Waals surface area contributed by atoms with Crippen LogP contribution in [0.2, 0.25) is 0 Å². The van der Waals surface area contributed by atoms with E-state index in [1.165, 1.54) is 0 Å². The second kappa shape index (κ2) is 6.55. The molecule has 96 valence electrons. The van der Waals surface area contributed by atoms with Gasteiger partial charge in [0.05, 0.1) is 5.60 Å². The summed E-state index contributed by atoms with van der Waals surface area (Å²) in [4.78, 5) is 0. The van der Waals surface area contributed by atoms with Crippen molar-refractivity contribution >= 4 is 0 Å². The van der Waals surface area contributed by atoms with Gasteiger partial charge in [-0.25, -0.2) is 0 Å². The fourth-order valence-corrected chi connectivity index (χ4v) is 2.08. The molecular weight excluding hydrogens is 206 g/mol. The molecule has 0 aliphatic carbocycles. The number of hydrogen-bond acceptors (Lipinski definition) is 4. The fraction of sp³-hybridized carbons (Fsp3) is 1.00. The molecule has 2 atom stereocenters. The topological polar surface area (TPSA) is 39.7 Å². The Morgan fingerprint density at radius 2 is 2.12 bits per heavy atom. The Bertz CT molecular complexity index is 197. The molecule has 16 heavy (non-hydrogen) atoms. The second-order valence-electron chi connectivity index (χ2n) is 4.65. The highest BCUT2D eigenvalue weighted by Crippen LogP contribution is 2.27. The Morgan fingerprint density at radius 3 is 2.69 bits per heavy atom. The average molecular weight is 231 g/mol. The van der Waals surface area contributed by atoms with Crippen molar-refractivity contribution in [3.05, 3.63) is 0 Å². The minimum Gasteiger partial charge on any atom is -0.375 e. The summed E-state index contributed by atoms with van der Waals surface area (Å²) in [5.41, 5.74) is 0.0333. The quantitative estimate of drug-likeness (QED) is 0.704. The third kappa shape index (κ3) is 4.01. The third-order valence-electron chi connectivity index (χ3n) is 3.44. The van der Waals surface area contributed by atoms with Crippen LogP contribution in [0.25, 0.3) is 0 Å². The highest BCUT2D eigenvalue weighted by atomic mass is 16.7. The van der Waals surface area contributed by atoms with Crippen molar-refractivity contribution in [3.8, 4) is 0 Å². The van der Waals surface area contributed by atoms with Crippen LogP contribution in [0.3, 0.4) is 0 Å². The Labute approximate surface area is 98.6 Å². The number of methoxy groups -OCH3 is 2. The van der Waals surface area contributed by atoms with Crippen molar-refractivity contribution in [2.24, 2.45) is 0 Å². The maximum Gasteiger partial charge on any atom is 0.169 e. The highest BCUT2D eigenvalue weighted by Gasteiger charge is 2.31. The molecule has 1 aliphatic rings. The van der Waals surface area contributed by atoms with E-state index >= 15 is 0 Å². The molecule has 0 spiro atoms. The maximum absolute atomic E-state index is 5.80. The maximum atomic E-state index is 5.80. The molecule has 0 radical (unpaired) electrons. The van der Waals surface area contributed by atoms with E-state index in [9.17, 15) is 0 Å². The summed E-state index contributed by atoms with van der Waals surface area (Å²) in [6.07, 6.45) is 3.03. The average Bonchev–Trinajstić information content (AvgIpc) is 2.31. The van der Waals surface area contributed by atoms with E-state index in [0.29, 0.717) is 6.04 Å². The summed E-state index contributed by atoms with van der Waals surface area (Å²) in [5.74, 6) is 0. The van der Waals surface area contributed by atoms with Gasteiger partial charge in [0.2, 0.25) is 0 Å². The lowest BCUT2D eigenvalue weighted by molar-refractivity contribution is -0.108. The van der Waals surface area contributed by atoms with Crippen LogP contribution in [0.1, 0.15) is 33.1 Å². The van der Waals surface area contributed by atoms with Gasteiger partial charge in [0, 0.05) is 33.4 Å². The predicted octanol–water partition coefficient (Wildman–Crippen LogP) is 1.54. The zero-order chi connectivity index (χ0) is 12.0. The Hall–Kier alpha value is -0.160. The van der Waals surface area contributed by atoms with Crippen LogP contribution in [0.15, 0.2) is 0 Å². The zero-order valence-corrected chi connectivity index (χ0v) is 10.9. The first-order valence-electron chi connectivity index (χ1n) is 6.06. The molecule has 2 unspecified atom stereocenters. The monoisotopic (exact) mass is 231 g/mol. The minimum absolute atomic E-state index is 0.0333. The molecule has 0 aromatic rings. The van der Waals surface area contributed by atoms with Gasteiger partial charge in [0.25, 0.3) is 0 Å². The van der Waals surface area contributed by atoms with E-state index in [1.54, 1.807) is 14.2 Å². The Kier molecular flexibility index (Phi) is 5.69. The standard InChI is InChI=1S/C12H25NO3/c1-5-12(2)8-10(6-7-16-12)13-9-11(14-3)15-4/h10-11,13H,5-9H2,1-4H3. The summed E-state index contributed by atoms with van der Waals surface area (Å²) in [5, 5.41) is 3.48. The molecule has 1 saturated heterocycles. The van der Waals surface area contributed by atoms with E-state index in [1.807, 2.05) is 0 Å². The van der Waals surface area contributed by atoms with Crippen molar-refractivity contribution in [2.75, 3.05) is 27.4 Å². The fourth-order valence-electron chi connectivity index (χ4n) is 2.08. The SMILES string of the molecule is CCC1(C)CC(NCC(OC)OC)CCO1. The number of ether oxygens (including phenoxy) is 3. The van der Waals surface area contributed by atoms with Crippen LogP contribution in [-0.2, 0) is 14.2 Å². The Balaban J connectivity index is 2.32. The van der Waals surface area contributed by atoms with Crippen LogP contribution in [0, 0.1) is 0 Å². The van der Waals surface area contributed by atoms with Gasteiger partial charge in [-0.3, -0.25) is 0 Å².